The molecular formula is C25H30Cl2F4N2O3. The molecule has 5 rings (SSSR count). The number of halogens is 6. The molecule has 1 saturated carbocycles. The summed E-state index contributed by atoms with van der Waals surface area (Å²) in [5.41, 5.74) is 0.650. The van der Waals surface area contributed by atoms with E-state index >= 15 is 4.39 Å². The number of nitrogens with one attached hydrogen (secondary N) is 2. The van der Waals surface area contributed by atoms with Crippen LogP contribution in [0.3, 0.4) is 0 Å². The quantitative estimate of drug-likeness (QED) is 0.401. The van der Waals surface area contributed by atoms with E-state index in [0.717, 1.165) is 18.4 Å². The van der Waals surface area contributed by atoms with Crippen molar-refractivity contribution in [3.05, 3.63) is 59.7 Å². The Morgan fingerprint density at radius 2 is 1.81 bits per heavy atom. The second kappa shape index (κ2) is 11.3. The molecule has 2 aliphatic heterocycles. The lowest BCUT2D eigenvalue weighted by Crippen LogP contribution is -2.63. The third-order valence-corrected chi connectivity index (χ3v) is 7.09. The lowest BCUT2D eigenvalue weighted by Gasteiger charge is -2.45. The number of alkyl halides is 4. The second-order valence-electron chi connectivity index (χ2n) is 9.48. The average molecular weight is 553 g/mol. The third-order valence-electron chi connectivity index (χ3n) is 7.09. The molecule has 2 aromatic rings. The average Bonchev–Trinajstić information content (AvgIpc) is 3.56. The van der Waals surface area contributed by atoms with Gasteiger partial charge in [-0.1, -0.05) is 30.3 Å². The van der Waals surface area contributed by atoms with E-state index in [2.05, 4.69) is 15.4 Å². The molecule has 0 amide bonds. The summed E-state index contributed by atoms with van der Waals surface area (Å²) in [7, 11) is 0. The first kappa shape index (κ1) is 28.8. The van der Waals surface area contributed by atoms with Gasteiger partial charge in [0.2, 0.25) is 0 Å². The van der Waals surface area contributed by atoms with Crippen LogP contribution in [0, 0.1) is 5.92 Å². The first-order valence-corrected chi connectivity index (χ1v) is 11.6. The van der Waals surface area contributed by atoms with Crippen molar-refractivity contribution in [2.24, 2.45) is 5.92 Å². The maximum atomic E-state index is 15.6. The van der Waals surface area contributed by atoms with Crippen molar-refractivity contribution in [2.45, 2.75) is 68.5 Å². The molecule has 3 fully saturated rings. The first-order chi connectivity index (χ1) is 16.3. The zero-order valence-electron chi connectivity index (χ0n) is 19.3. The summed E-state index contributed by atoms with van der Waals surface area (Å²) < 4.78 is 63.9. The Bertz CT molecular complexity index is 1010. The van der Waals surface area contributed by atoms with E-state index < -0.39 is 24.1 Å². The summed E-state index contributed by atoms with van der Waals surface area (Å²) in [6, 6.07) is 12.8. The normalized spacial score (nSPS) is 29.1. The predicted octanol–water partition coefficient (Wildman–Crippen LogP) is 5.04. The number of hydrogen-bond donors (Lipinski definition) is 3. The molecular weight excluding hydrogens is 523 g/mol. The van der Waals surface area contributed by atoms with Crippen LogP contribution in [0.4, 0.5) is 17.6 Å². The fraction of sp³-hybridized carbons (Fsp3) is 0.520. The lowest BCUT2D eigenvalue weighted by molar-refractivity contribution is -0.274. The van der Waals surface area contributed by atoms with Crippen LogP contribution in [0.1, 0.15) is 36.8 Å². The fourth-order valence-electron chi connectivity index (χ4n) is 5.42. The van der Waals surface area contributed by atoms with Gasteiger partial charge in [0.05, 0.1) is 17.7 Å². The molecule has 5 unspecified atom stereocenters. The highest BCUT2D eigenvalue weighted by molar-refractivity contribution is 5.85. The largest absolute Gasteiger partial charge is 0.573 e. The van der Waals surface area contributed by atoms with Gasteiger partial charge in [-0.05, 0) is 55.4 Å². The monoisotopic (exact) mass is 552 g/mol. The van der Waals surface area contributed by atoms with Crippen LogP contribution in [0.15, 0.2) is 48.5 Å². The van der Waals surface area contributed by atoms with E-state index in [1.807, 2.05) is 30.3 Å². The second-order valence-corrected chi connectivity index (χ2v) is 9.48. The van der Waals surface area contributed by atoms with Crippen molar-refractivity contribution in [1.82, 2.24) is 10.6 Å². The van der Waals surface area contributed by atoms with Gasteiger partial charge in [-0.2, -0.15) is 0 Å². The number of aliphatic hydroxyl groups excluding tert-OH is 1. The fourth-order valence-corrected chi connectivity index (χ4v) is 5.42. The standard InChI is InChI=1S/C25H28F4N2O3.2ClH/c26-20-11-21-16(14-32)12-24(31-21,17-4-2-1-3-5-17)23(20)30-13-15-10-19(34-25(27,28)29)8-9-22(15)33-18-6-7-18;;/h1-5,8-10,16,18,20-21,23,30-32H,6-7,11-14H2;2*1H. The number of benzene rings is 2. The van der Waals surface area contributed by atoms with Crippen LogP contribution in [-0.2, 0) is 12.1 Å². The maximum Gasteiger partial charge on any atom is 0.573 e. The zero-order chi connectivity index (χ0) is 23.9. The Kier molecular flexibility index (Phi) is 9.04. The predicted molar refractivity (Wildman–Crippen MR) is 132 cm³/mol. The van der Waals surface area contributed by atoms with Crippen molar-refractivity contribution < 1.29 is 32.1 Å². The summed E-state index contributed by atoms with van der Waals surface area (Å²) in [6.07, 6.45) is -3.36. The van der Waals surface area contributed by atoms with Crippen molar-refractivity contribution in [1.29, 1.82) is 0 Å². The SMILES string of the molecule is Cl.Cl.OCC1CC2(c3ccccc3)NC1CC(F)C2NCc1cc(OC(F)(F)F)ccc1OC1CC1. The van der Waals surface area contributed by atoms with E-state index in [-0.39, 0.29) is 68.2 Å². The molecule has 3 aliphatic rings. The molecule has 11 heteroatoms. The molecule has 5 atom stereocenters. The number of piperidine rings is 1. The first-order valence-electron chi connectivity index (χ1n) is 11.6. The van der Waals surface area contributed by atoms with Crippen LogP contribution >= 0.6 is 24.8 Å². The third kappa shape index (κ3) is 6.02. The highest BCUT2D eigenvalue weighted by atomic mass is 35.5. The summed E-state index contributed by atoms with van der Waals surface area (Å²) >= 11 is 0. The van der Waals surface area contributed by atoms with E-state index in [1.165, 1.54) is 18.2 Å². The summed E-state index contributed by atoms with van der Waals surface area (Å²) in [5, 5.41) is 16.8. The van der Waals surface area contributed by atoms with Gasteiger partial charge < -0.3 is 25.2 Å². The van der Waals surface area contributed by atoms with Gasteiger partial charge in [0.15, 0.2) is 0 Å². The Labute approximate surface area is 219 Å². The molecule has 36 heavy (non-hydrogen) atoms. The number of rotatable bonds is 8. The van der Waals surface area contributed by atoms with Crippen molar-refractivity contribution in [3.63, 3.8) is 0 Å². The van der Waals surface area contributed by atoms with Gasteiger partial charge in [-0.15, -0.1) is 38.0 Å². The van der Waals surface area contributed by atoms with E-state index in [9.17, 15) is 18.3 Å². The Morgan fingerprint density at radius 1 is 1.08 bits per heavy atom. The van der Waals surface area contributed by atoms with Gasteiger partial charge in [0.1, 0.15) is 17.7 Å². The molecule has 1 aliphatic carbocycles. The smallest absolute Gasteiger partial charge is 0.490 e. The molecule has 2 bridgehead atoms. The minimum Gasteiger partial charge on any atom is -0.490 e. The minimum atomic E-state index is -4.81. The van der Waals surface area contributed by atoms with E-state index in [1.54, 1.807) is 0 Å². The van der Waals surface area contributed by atoms with Gasteiger partial charge in [0, 0.05) is 24.8 Å². The summed E-state index contributed by atoms with van der Waals surface area (Å²) in [5.74, 6) is 0.0441. The Balaban J connectivity index is 0.00000180. The number of fused-ring (bicyclic) bond motifs is 2. The highest BCUT2D eigenvalue weighted by Crippen LogP contribution is 2.47. The van der Waals surface area contributed by atoms with Crippen molar-refractivity contribution in [2.75, 3.05) is 6.61 Å². The summed E-state index contributed by atoms with van der Waals surface area (Å²) in [4.78, 5) is 0. The minimum absolute atomic E-state index is 0. The van der Waals surface area contributed by atoms with E-state index in [4.69, 9.17) is 4.74 Å². The highest BCUT2D eigenvalue weighted by Gasteiger charge is 2.57. The summed E-state index contributed by atoms with van der Waals surface area (Å²) in [6.45, 7) is 0.0643. The zero-order valence-corrected chi connectivity index (χ0v) is 21.0. The van der Waals surface area contributed by atoms with Crippen LogP contribution in [0.25, 0.3) is 0 Å². The van der Waals surface area contributed by atoms with Crippen molar-refractivity contribution in [3.8, 4) is 11.5 Å². The number of ether oxygens (including phenoxy) is 2. The molecule has 0 radical (unpaired) electrons. The number of hydrogen-bond acceptors (Lipinski definition) is 5. The van der Waals surface area contributed by atoms with Gasteiger partial charge >= 0.3 is 6.36 Å². The van der Waals surface area contributed by atoms with Crippen LogP contribution in [0.2, 0.25) is 0 Å². The maximum absolute atomic E-state index is 15.6. The van der Waals surface area contributed by atoms with Gasteiger partial charge in [-0.25, -0.2) is 4.39 Å². The molecule has 200 valence electrons. The van der Waals surface area contributed by atoms with Crippen molar-refractivity contribution >= 4 is 24.8 Å². The topological polar surface area (TPSA) is 62.8 Å². The van der Waals surface area contributed by atoms with Gasteiger partial charge in [-0.3, -0.25) is 0 Å². The van der Waals surface area contributed by atoms with E-state index in [0.29, 0.717) is 17.7 Å². The molecule has 2 aromatic carbocycles. The molecule has 0 spiro atoms. The van der Waals surface area contributed by atoms with Gasteiger partial charge in [0.25, 0.3) is 0 Å². The van der Waals surface area contributed by atoms with Crippen LogP contribution in [0.5, 0.6) is 11.5 Å². The Morgan fingerprint density at radius 3 is 2.44 bits per heavy atom. The number of aliphatic hydroxyl groups is 1. The lowest BCUT2D eigenvalue weighted by atomic mass is 9.77. The molecule has 3 N–H and O–H groups in total. The van der Waals surface area contributed by atoms with Crippen LogP contribution < -0.4 is 20.1 Å². The molecule has 2 saturated heterocycles. The molecule has 5 nitrogen and oxygen atoms in total. The Hall–Kier alpha value is -1.78. The molecule has 0 aromatic heterocycles. The molecule has 2 heterocycles. The van der Waals surface area contributed by atoms with Crippen LogP contribution in [-0.4, -0.2) is 42.4 Å².